The predicted octanol–water partition coefficient (Wildman–Crippen LogP) is 3.43. The van der Waals surface area contributed by atoms with Crippen molar-refractivity contribution in [1.29, 1.82) is 0 Å². The molecule has 0 bridgehead atoms. The Bertz CT molecular complexity index is 794. The second-order valence-corrected chi connectivity index (χ2v) is 8.28. The SMILES string of the molecule is COc1cc(CN(C)CN2C(=O)NC3(C2=O)[C@H](C)CCC[C@H]3C)ccc1OC(F)F. The number of benzene rings is 1. The van der Waals surface area contributed by atoms with Gasteiger partial charge in [0.1, 0.15) is 5.54 Å². The third-order valence-corrected chi connectivity index (χ3v) is 6.27. The lowest BCUT2D eigenvalue weighted by Crippen LogP contribution is -2.59. The van der Waals surface area contributed by atoms with Gasteiger partial charge in [-0.1, -0.05) is 26.3 Å². The molecule has 1 N–H and O–H groups in total. The quantitative estimate of drug-likeness (QED) is 0.678. The summed E-state index contributed by atoms with van der Waals surface area (Å²) in [5, 5.41) is 2.98. The van der Waals surface area contributed by atoms with Gasteiger partial charge < -0.3 is 14.8 Å². The molecule has 9 heteroatoms. The molecule has 1 saturated carbocycles. The lowest BCUT2D eigenvalue weighted by molar-refractivity contribution is -0.137. The maximum absolute atomic E-state index is 13.3. The maximum atomic E-state index is 13.3. The van der Waals surface area contributed by atoms with Crippen LogP contribution in [-0.2, 0) is 11.3 Å². The highest BCUT2D eigenvalue weighted by Crippen LogP contribution is 2.42. The molecule has 1 heterocycles. The molecule has 1 aromatic rings. The van der Waals surface area contributed by atoms with E-state index >= 15 is 0 Å². The summed E-state index contributed by atoms with van der Waals surface area (Å²) in [5.74, 6) is 0.145. The van der Waals surface area contributed by atoms with E-state index in [1.54, 1.807) is 19.2 Å². The highest BCUT2D eigenvalue weighted by atomic mass is 19.3. The Kier molecular flexibility index (Phi) is 6.50. The number of carbonyl (C=O) groups is 2. The van der Waals surface area contributed by atoms with E-state index in [-0.39, 0.29) is 41.9 Å². The molecule has 0 unspecified atom stereocenters. The average Bonchev–Trinajstić information content (AvgIpc) is 2.93. The van der Waals surface area contributed by atoms with E-state index in [0.29, 0.717) is 6.54 Å². The molecule has 1 spiro atoms. The molecule has 7 nitrogen and oxygen atoms in total. The van der Waals surface area contributed by atoms with Gasteiger partial charge >= 0.3 is 12.6 Å². The molecule has 30 heavy (non-hydrogen) atoms. The Hall–Kier alpha value is -2.42. The first-order valence-electron chi connectivity index (χ1n) is 10.1. The summed E-state index contributed by atoms with van der Waals surface area (Å²) in [4.78, 5) is 29.0. The van der Waals surface area contributed by atoms with Crippen molar-refractivity contribution in [2.24, 2.45) is 11.8 Å². The Morgan fingerprint density at radius 2 is 1.90 bits per heavy atom. The molecular weight excluding hydrogens is 396 g/mol. The molecule has 3 rings (SSSR count). The smallest absolute Gasteiger partial charge is 0.387 e. The van der Waals surface area contributed by atoms with E-state index in [1.807, 2.05) is 18.7 Å². The van der Waals surface area contributed by atoms with Crippen molar-refractivity contribution in [1.82, 2.24) is 15.1 Å². The predicted molar refractivity (Wildman–Crippen MR) is 106 cm³/mol. The first-order valence-corrected chi connectivity index (χ1v) is 10.1. The largest absolute Gasteiger partial charge is 0.493 e. The minimum Gasteiger partial charge on any atom is -0.493 e. The van der Waals surface area contributed by atoms with Crippen molar-refractivity contribution in [2.45, 2.75) is 51.8 Å². The molecule has 2 aliphatic rings. The Balaban J connectivity index is 1.70. The Morgan fingerprint density at radius 1 is 1.23 bits per heavy atom. The zero-order valence-electron chi connectivity index (χ0n) is 17.8. The van der Waals surface area contributed by atoms with Gasteiger partial charge in [0.05, 0.1) is 13.8 Å². The number of urea groups is 1. The number of imide groups is 1. The normalized spacial score (nSPS) is 23.4. The number of rotatable bonds is 7. The van der Waals surface area contributed by atoms with Gasteiger partial charge in [0.15, 0.2) is 11.5 Å². The van der Waals surface area contributed by atoms with Crippen molar-refractivity contribution in [3.8, 4) is 11.5 Å². The van der Waals surface area contributed by atoms with E-state index in [0.717, 1.165) is 24.8 Å². The zero-order valence-corrected chi connectivity index (χ0v) is 17.8. The van der Waals surface area contributed by atoms with E-state index < -0.39 is 12.2 Å². The van der Waals surface area contributed by atoms with Crippen LogP contribution in [0, 0.1) is 11.8 Å². The number of amides is 3. The summed E-state index contributed by atoms with van der Waals surface area (Å²) in [6.07, 6.45) is 2.87. The summed E-state index contributed by atoms with van der Waals surface area (Å²) >= 11 is 0. The molecule has 1 saturated heterocycles. The average molecular weight is 425 g/mol. The van der Waals surface area contributed by atoms with Crippen molar-refractivity contribution in [3.05, 3.63) is 23.8 Å². The van der Waals surface area contributed by atoms with Crippen molar-refractivity contribution < 1.29 is 27.8 Å². The number of ether oxygens (including phenoxy) is 2. The number of halogens is 2. The summed E-state index contributed by atoms with van der Waals surface area (Å²) in [6.45, 7) is 1.63. The molecule has 166 valence electrons. The molecular formula is C21H29F2N3O4. The van der Waals surface area contributed by atoms with Crippen LogP contribution in [0.2, 0.25) is 0 Å². The summed E-state index contributed by atoms with van der Waals surface area (Å²) in [6, 6.07) is 4.30. The molecule has 1 aliphatic heterocycles. The van der Waals surface area contributed by atoms with E-state index in [9.17, 15) is 18.4 Å². The molecule has 0 radical (unpaired) electrons. The number of nitrogens with zero attached hydrogens (tertiary/aromatic N) is 2. The van der Waals surface area contributed by atoms with Crippen molar-refractivity contribution in [3.63, 3.8) is 0 Å². The van der Waals surface area contributed by atoms with Crippen molar-refractivity contribution >= 4 is 11.9 Å². The molecule has 2 atom stereocenters. The van der Waals surface area contributed by atoms with Crippen LogP contribution < -0.4 is 14.8 Å². The highest BCUT2D eigenvalue weighted by Gasteiger charge is 2.58. The molecule has 0 aromatic heterocycles. The number of methoxy groups -OCH3 is 1. The first-order chi connectivity index (χ1) is 14.2. The van der Waals surface area contributed by atoms with E-state index in [1.165, 1.54) is 18.1 Å². The minimum absolute atomic E-state index is 0.0461. The van der Waals surface area contributed by atoms with Crippen LogP contribution in [0.5, 0.6) is 11.5 Å². The molecule has 1 aromatic carbocycles. The van der Waals surface area contributed by atoms with Crippen LogP contribution in [-0.4, -0.2) is 54.7 Å². The third kappa shape index (κ3) is 4.08. The molecule has 2 fully saturated rings. The second kappa shape index (κ2) is 8.75. The van der Waals surface area contributed by atoms with E-state index in [4.69, 9.17) is 4.74 Å². The van der Waals surface area contributed by atoms with Gasteiger partial charge in [-0.3, -0.25) is 9.69 Å². The third-order valence-electron chi connectivity index (χ3n) is 6.27. The number of nitrogens with one attached hydrogen (secondary N) is 1. The van der Waals surface area contributed by atoms with Gasteiger partial charge in [-0.05, 0) is 49.4 Å². The van der Waals surface area contributed by atoms with Crippen LogP contribution in [0.1, 0.15) is 38.7 Å². The summed E-state index contributed by atoms with van der Waals surface area (Å²) in [7, 11) is 3.16. The van der Waals surface area contributed by atoms with Gasteiger partial charge in [0.2, 0.25) is 0 Å². The maximum Gasteiger partial charge on any atom is 0.387 e. The zero-order chi connectivity index (χ0) is 22.1. The van der Waals surface area contributed by atoms with Gasteiger partial charge in [-0.15, -0.1) is 0 Å². The standard InChI is InChI=1S/C21H29F2N3O4/c1-13-6-5-7-14(2)21(13)18(27)26(20(28)24-21)12-25(3)11-15-8-9-16(30-19(22)23)17(10-15)29-4/h8-10,13-14,19H,5-7,11-12H2,1-4H3,(H,24,28)/t13-,14-/m1/s1. The van der Waals surface area contributed by atoms with Crippen LogP contribution in [0.3, 0.4) is 0 Å². The fourth-order valence-corrected chi connectivity index (χ4v) is 4.69. The second-order valence-electron chi connectivity index (χ2n) is 8.28. The van der Waals surface area contributed by atoms with Gasteiger partial charge in [0, 0.05) is 6.54 Å². The number of carbonyl (C=O) groups excluding carboxylic acids is 2. The fraction of sp³-hybridized carbons (Fsp3) is 0.619. The summed E-state index contributed by atoms with van der Waals surface area (Å²) < 4.78 is 34.6. The number of hydrogen-bond acceptors (Lipinski definition) is 5. The lowest BCUT2D eigenvalue weighted by atomic mass is 9.67. The van der Waals surface area contributed by atoms with Crippen LogP contribution in [0.15, 0.2) is 18.2 Å². The number of hydrogen-bond donors (Lipinski definition) is 1. The van der Waals surface area contributed by atoms with Crippen molar-refractivity contribution in [2.75, 3.05) is 20.8 Å². The topological polar surface area (TPSA) is 71.1 Å². The Morgan fingerprint density at radius 3 is 2.50 bits per heavy atom. The van der Waals surface area contributed by atoms with Gasteiger partial charge in [-0.2, -0.15) is 8.78 Å². The first kappa shape index (κ1) is 22.3. The van der Waals surface area contributed by atoms with E-state index in [2.05, 4.69) is 10.1 Å². The van der Waals surface area contributed by atoms with Gasteiger partial charge in [-0.25, -0.2) is 9.69 Å². The Labute approximate surface area is 175 Å². The lowest BCUT2D eigenvalue weighted by Gasteiger charge is -2.42. The van der Waals surface area contributed by atoms with Crippen LogP contribution >= 0.6 is 0 Å². The van der Waals surface area contributed by atoms with Gasteiger partial charge in [0.25, 0.3) is 5.91 Å². The molecule has 1 aliphatic carbocycles. The fourth-order valence-electron chi connectivity index (χ4n) is 4.69. The molecule has 3 amide bonds. The summed E-state index contributed by atoms with van der Waals surface area (Å²) in [5.41, 5.74) is -0.0506. The van der Waals surface area contributed by atoms with Crippen LogP contribution in [0.25, 0.3) is 0 Å². The van der Waals surface area contributed by atoms with Crippen LogP contribution in [0.4, 0.5) is 13.6 Å². The minimum atomic E-state index is -2.94. The monoisotopic (exact) mass is 425 g/mol. The highest BCUT2D eigenvalue weighted by molar-refractivity contribution is 6.07. The number of alkyl halides is 2.